The molecule has 6 nitrogen and oxygen atoms in total. The van der Waals surface area contributed by atoms with Crippen molar-refractivity contribution in [2.75, 3.05) is 46.8 Å². The van der Waals surface area contributed by atoms with Gasteiger partial charge >= 0.3 is 0 Å². The second kappa shape index (κ2) is 8.16. The van der Waals surface area contributed by atoms with Gasteiger partial charge in [-0.2, -0.15) is 12.7 Å². The lowest BCUT2D eigenvalue weighted by atomic mass is 10.0. The molecule has 0 bridgehead atoms. The van der Waals surface area contributed by atoms with E-state index in [4.69, 9.17) is 5.73 Å². The summed E-state index contributed by atoms with van der Waals surface area (Å²) in [5.74, 6) is 0.305. The molecule has 0 aliphatic carbocycles. The third kappa shape index (κ3) is 6.18. The summed E-state index contributed by atoms with van der Waals surface area (Å²) in [5, 5.41) is 0. The van der Waals surface area contributed by atoms with E-state index < -0.39 is 10.2 Å². The highest BCUT2D eigenvalue weighted by Gasteiger charge is 2.27. The Morgan fingerprint density at radius 1 is 1.37 bits per heavy atom. The first-order chi connectivity index (χ1) is 8.95. The fraction of sp³-hybridized carbons (Fsp3) is 1.00. The van der Waals surface area contributed by atoms with Gasteiger partial charge in [-0.05, 0) is 58.8 Å². The number of hydrogen-bond donors (Lipinski definition) is 2. The Labute approximate surface area is 117 Å². The van der Waals surface area contributed by atoms with Crippen LogP contribution in [0.15, 0.2) is 0 Å². The van der Waals surface area contributed by atoms with Crippen molar-refractivity contribution in [1.82, 2.24) is 13.9 Å². The van der Waals surface area contributed by atoms with E-state index in [0.29, 0.717) is 32.1 Å². The van der Waals surface area contributed by atoms with Crippen LogP contribution >= 0.6 is 0 Å². The smallest absolute Gasteiger partial charge is 0.279 e. The van der Waals surface area contributed by atoms with Gasteiger partial charge in [0, 0.05) is 19.6 Å². The van der Waals surface area contributed by atoms with Gasteiger partial charge in [-0.25, -0.2) is 4.72 Å². The Morgan fingerprint density at radius 3 is 2.74 bits per heavy atom. The fourth-order valence-corrected chi connectivity index (χ4v) is 3.64. The molecular weight excluding hydrogens is 264 g/mol. The molecule has 0 aromatic heterocycles. The zero-order valence-electron chi connectivity index (χ0n) is 12.1. The lowest BCUT2D eigenvalue weighted by Crippen LogP contribution is -2.47. The molecule has 1 aliphatic rings. The molecule has 1 atom stereocenters. The topological polar surface area (TPSA) is 78.7 Å². The molecule has 0 saturated carbocycles. The fourth-order valence-electron chi connectivity index (χ4n) is 2.28. The highest BCUT2D eigenvalue weighted by Crippen LogP contribution is 2.17. The summed E-state index contributed by atoms with van der Waals surface area (Å²) in [6, 6.07) is 0. The summed E-state index contributed by atoms with van der Waals surface area (Å²) in [5.41, 5.74) is 5.63. The number of piperidine rings is 1. The first-order valence-corrected chi connectivity index (χ1v) is 8.49. The molecular formula is C12H28N4O2S. The molecule has 1 heterocycles. The molecule has 1 saturated heterocycles. The number of rotatable bonds is 8. The van der Waals surface area contributed by atoms with E-state index in [0.717, 1.165) is 32.2 Å². The largest absolute Gasteiger partial charge is 0.330 e. The maximum absolute atomic E-state index is 12.1. The molecule has 7 heteroatoms. The minimum Gasteiger partial charge on any atom is -0.330 e. The lowest BCUT2D eigenvalue weighted by Gasteiger charge is -2.31. The summed E-state index contributed by atoms with van der Waals surface area (Å²) in [6.07, 6.45) is 3.81. The predicted octanol–water partition coefficient (Wildman–Crippen LogP) is -0.167. The van der Waals surface area contributed by atoms with Crippen molar-refractivity contribution in [2.24, 2.45) is 11.7 Å². The molecule has 1 rings (SSSR count). The number of unbranched alkanes of at least 4 members (excludes halogenated alkanes) is 1. The van der Waals surface area contributed by atoms with Gasteiger partial charge in [0.25, 0.3) is 10.2 Å². The first kappa shape index (κ1) is 16.8. The Hall–Kier alpha value is -0.210. The molecule has 19 heavy (non-hydrogen) atoms. The number of hydrogen-bond acceptors (Lipinski definition) is 4. The normalized spacial score (nSPS) is 22.0. The molecule has 0 aromatic rings. The number of nitrogens with one attached hydrogen (secondary N) is 1. The predicted molar refractivity (Wildman–Crippen MR) is 78.1 cm³/mol. The Bertz CT molecular complexity index is 346. The van der Waals surface area contributed by atoms with Crippen LogP contribution in [0.1, 0.15) is 25.7 Å². The highest BCUT2D eigenvalue weighted by atomic mass is 32.2. The minimum absolute atomic E-state index is 0.305. The van der Waals surface area contributed by atoms with Crippen LogP contribution in [-0.2, 0) is 10.2 Å². The molecule has 0 amide bonds. The van der Waals surface area contributed by atoms with Crippen molar-refractivity contribution < 1.29 is 8.42 Å². The maximum Gasteiger partial charge on any atom is 0.279 e. The summed E-state index contributed by atoms with van der Waals surface area (Å²) in [4.78, 5) is 2.10. The monoisotopic (exact) mass is 292 g/mol. The third-order valence-electron chi connectivity index (χ3n) is 3.47. The van der Waals surface area contributed by atoms with Crippen LogP contribution in [0.3, 0.4) is 0 Å². The molecule has 114 valence electrons. The van der Waals surface area contributed by atoms with Crippen molar-refractivity contribution in [2.45, 2.75) is 25.7 Å². The van der Waals surface area contributed by atoms with Gasteiger partial charge in [-0.1, -0.05) is 0 Å². The van der Waals surface area contributed by atoms with Crippen LogP contribution < -0.4 is 10.5 Å². The second-order valence-electron chi connectivity index (χ2n) is 5.51. The van der Waals surface area contributed by atoms with Crippen molar-refractivity contribution in [3.05, 3.63) is 0 Å². The van der Waals surface area contributed by atoms with E-state index in [-0.39, 0.29) is 0 Å². The van der Waals surface area contributed by atoms with E-state index in [1.807, 2.05) is 14.1 Å². The van der Waals surface area contributed by atoms with Crippen molar-refractivity contribution >= 4 is 10.2 Å². The summed E-state index contributed by atoms with van der Waals surface area (Å²) in [7, 11) is 0.725. The van der Waals surface area contributed by atoms with E-state index in [2.05, 4.69) is 9.62 Å². The van der Waals surface area contributed by atoms with Gasteiger partial charge in [0.15, 0.2) is 0 Å². The third-order valence-corrected chi connectivity index (χ3v) is 5.05. The van der Waals surface area contributed by atoms with Crippen LogP contribution in [0.2, 0.25) is 0 Å². The van der Waals surface area contributed by atoms with Crippen molar-refractivity contribution in [3.8, 4) is 0 Å². The summed E-state index contributed by atoms with van der Waals surface area (Å²) >= 11 is 0. The molecule has 3 N–H and O–H groups in total. The molecule has 1 aliphatic heterocycles. The average molecular weight is 292 g/mol. The molecule has 0 radical (unpaired) electrons. The van der Waals surface area contributed by atoms with Gasteiger partial charge in [-0.15, -0.1) is 0 Å². The van der Waals surface area contributed by atoms with Crippen LogP contribution in [0.25, 0.3) is 0 Å². The Balaban J connectivity index is 2.30. The molecule has 0 aromatic carbocycles. The van der Waals surface area contributed by atoms with Crippen LogP contribution in [0.4, 0.5) is 0 Å². The number of nitrogens with zero attached hydrogens (tertiary/aromatic N) is 2. The number of nitrogens with two attached hydrogens (primary N) is 1. The SMILES string of the molecule is CN(C)CCCCNS(=O)(=O)N1CCCC(CN)C1. The zero-order valence-corrected chi connectivity index (χ0v) is 13.0. The van der Waals surface area contributed by atoms with E-state index >= 15 is 0 Å². The standard InChI is InChI=1S/C12H28N4O2S/c1-15(2)8-4-3-7-14-19(17,18)16-9-5-6-12(10-13)11-16/h12,14H,3-11,13H2,1-2H3. The van der Waals surface area contributed by atoms with Gasteiger partial charge in [-0.3, -0.25) is 0 Å². The van der Waals surface area contributed by atoms with Crippen LogP contribution in [0.5, 0.6) is 0 Å². The van der Waals surface area contributed by atoms with Gasteiger partial charge in [0.05, 0.1) is 0 Å². The van der Waals surface area contributed by atoms with Gasteiger partial charge < -0.3 is 10.6 Å². The highest BCUT2D eigenvalue weighted by molar-refractivity contribution is 7.87. The van der Waals surface area contributed by atoms with Crippen molar-refractivity contribution in [1.29, 1.82) is 0 Å². The molecule has 0 spiro atoms. The lowest BCUT2D eigenvalue weighted by molar-refractivity contribution is 0.268. The molecule has 1 fully saturated rings. The van der Waals surface area contributed by atoms with E-state index in [9.17, 15) is 8.42 Å². The maximum atomic E-state index is 12.1. The van der Waals surface area contributed by atoms with E-state index in [1.165, 1.54) is 0 Å². The second-order valence-corrected chi connectivity index (χ2v) is 7.27. The van der Waals surface area contributed by atoms with E-state index in [1.54, 1.807) is 4.31 Å². The Morgan fingerprint density at radius 2 is 2.11 bits per heavy atom. The van der Waals surface area contributed by atoms with Gasteiger partial charge in [0.2, 0.25) is 0 Å². The summed E-state index contributed by atoms with van der Waals surface area (Å²) < 4.78 is 28.4. The van der Waals surface area contributed by atoms with Crippen LogP contribution in [0, 0.1) is 5.92 Å². The summed E-state index contributed by atoms with van der Waals surface area (Å²) in [6.45, 7) is 3.24. The van der Waals surface area contributed by atoms with Crippen molar-refractivity contribution in [3.63, 3.8) is 0 Å². The first-order valence-electron chi connectivity index (χ1n) is 7.05. The quantitative estimate of drug-likeness (QED) is 0.609. The average Bonchev–Trinajstić information content (AvgIpc) is 2.38. The minimum atomic E-state index is -3.31. The van der Waals surface area contributed by atoms with Gasteiger partial charge in [0.1, 0.15) is 0 Å². The zero-order chi connectivity index (χ0) is 14.3. The van der Waals surface area contributed by atoms with Crippen LogP contribution in [-0.4, -0.2) is 64.4 Å². The Kier molecular flexibility index (Phi) is 7.23. The molecule has 1 unspecified atom stereocenters.